The summed E-state index contributed by atoms with van der Waals surface area (Å²) < 4.78 is 0. The number of likely N-dealkylation sites (tertiary alicyclic amines) is 1. The van der Waals surface area contributed by atoms with Gasteiger partial charge in [0.2, 0.25) is 0 Å². The molecule has 2 saturated carbocycles. The van der Waals surface area contributed by atoms with Crippen molar-refractivity contribution in [3.05, 3.63) is 0 Å². The predicted molar refractivity (Wildman–Crippen MR) is 101 cm³/mol. The molecular formula is C21H39N3. The summed E-state index contributed by atoms with van der Waals surface area (Å²) in [4.78, 5) is 8.02. The molecule has 3 nitrogen and oxygen atoms in total. The van der Waals surface area contributed by atoms with Crippen LogP contribution in [0.2, 0.25) is 0 Å². The molecule has 24 heavy (non-hydrogen) atoms. The maximum atomic E-state index is 2.82. The summed E-state index contributed by atoms with van der Waals surface area (Å²) in [6.07, 6.45) is 11.9. The Bertz CT molecular complexity index is 407. The van der Waals surface area contributed by atoms with Gasteiger partial charge in [0.25, 0.3) is 0 Å². The largest absolute Gasteiger partial charge is 0.304 e. The lowest BCUT2D eigenvalue weighted by Gasteiger charge is -2.54. The standard InChI is InChI=1S/C21H39N3/c1-3-4-20(5-6-20)18-24-9-7-21(8-10-24)15-19(16-21)17-23-13-11-22(2)12-14-23/h19H,3-18H2,1-2H3. The summed E-state index contributed by atoms with van der Waals surface area (Å²) in [5.74, 6) is 1.01. The predicted octanol–water partition coefficient (Wildman–Crippen LogP) is 3.31. The highest BCUT2D eigenvalue weighted by Gasteiger charge is 2.48. The molecule has 2 heterocycles. The first kappa shape index (κ1) is 17.3. The number of hydrogen-bond donors (Lipinski definition) is 0. The molecule has 2 aliphatic heterocycles. The van der Waals surface area contributed by atoms with Crippen molar-refractivity contribution < 1.29 is 0 Å². The molecule has 4 aliphatic rings. The van der Waals surface area contributed by atoms with Crippen molar-refractivity contribution in [2.45, 2.75) is 58.3 Å². The van der Waals surface area contributed by atoms with E-state index >= 15 is 0 Å². The van der Waals surface area contributed by atoms with Crippen molar-refractivity contribution in [2.24, 2.45) is 16.7 Å². The van der Waals surface area contributed by atoms with Gasteiger partial charge in [0.1, 0.15) is 0 Å². The molecule has 0 bridgehead atoms. The van der Waals surface area contributed by atoms with Crippen LogP contribution in [0.3, 0.4) is 0 Å². The van der Waals surface area contributed by atoms with E-state index in [0.717, 1.165) is 16.7 Å². The van der Waals surface area contributed by atoms with E-state index in [9.17, 15) is 0 Å². The maximum absolute atomic E-state index is 2.82. The molecule has 4 fully saturated rings. The molecule has 138 valence electrons. The van der Waals surface area contributed by atoms with Crippen LogP contribution in [0.5, 0.6) is 0 Å². The second-order valence-corrected chi connectivity index (χ2v) is 9.90. The fourth-order valence-corrected chi connectivity index (χ4v) is 5.95. The second kappa shape index (κ2) is 6.89. The van der Waals surface area contributed by atoms with Gasteiger partial charge in [-0.15, -0.1) is 0 Å². The summed E-state index contributed by atoms with van der Waals surface area (Å²) >= 11 is 0. The molecule has 2 saturated heterocycles. The number of piperazine rings is 1. The highest BCUT2D eigenvalue weighted by atomic mass is 15.2. The molecule has 0 N–H and O–H groups in total. The molecule has 2 aliphatic carbocycles. The average Bonchev–Trinajstić information content (AvgIpc) is 3.30. The first-order valence-corrected chi connectivity index (χ1v) is 10.7. The van der Waals surface area contributed by atoms with E-state index in [0.29, 0.717) is 0 Å². The van der Waals surface area contributed by atoms with Gasteiger partial charge in [-0.05, 0) is 81.8 Å². The van der Waals surface area contributed by atoms with Crippen molar-refractivity contribution >= 4 is 0 Å². The van der Waals surface area contributed by atoms with Crippen molar-refractivity contribution in [2.75, 3.05) is 59.4 Å². The Morgan fingerprint density at radius 2 is 1.50 bits per heavy atom. The van der Waals surface area contributed by atoms with Gasteiger partial charge in [0.05, 0.1) is 0 Å². The van der Waals surface area contributed by atoms with Gasteiger partial charge in [-0.1, -0.05) is 13.3 Å². The molecule has 0 atom stereocenters. The molecule has 0 unspecified atom stereocenters. The van der Waals surface area contributed by atoms with E-state index in [4.69, 9.17) is 0 Å². The highest BCUT2D eigenvalue weighted by Crippen LogP contribution is 2.54. The molecule has 3 heteroatoms. The summed E-state index contributed by atoms with van der Waals surface area (Å²) in [6, 6.07) is 0. The monoisotopic (exact) mass is 333 g/mol. The second-order valence-electron chi connectivity index (χ2n) is 9.90. The van der Waals surface area contributed by atoms with Crippen LogP contribution in [0.25, 0.3) is 0 Å². The van der Waals surface area contributed by atoms with E-state index in [2.05, 4.69) is 28.7 Å². The van der Waals surface area contributed by atoms with E-state index in [1.54, 1.807) is 0 Å². The molecule has 4 rings (SSSR count). The molecule has 0 aromatic heterocycles. The Labute approximate surface area is 149 Å². The molecule has 1 spiro atoms. The Morgan fingerprint density at radius 1 is 0.833 bits per heavy atom. The lowest BCUT2D eigenvalue weighted by molar-refractivity contribution is -0.0333. The number of nitrogens with zero attached hydrogens (tertiary/aromatic N) is 3. The third-order valence-electron chi connectivity index (χ3n) is 7.77. The zero-order valence-corrected chi connectivity index (χ0v) is 16.2. The minimum absolute atomic E-state index is 0.753. The van der Waals surface area contributed by atoms with Crippen molar-refractivity contribution in [1.29, 1.82) is 0 Å². The third kappa shape index (κ3) is 3.83. The van der Waals surface area contributed by atoms with E-state index in [1.807, 2.05) is 0 Å². The van der Waals surface area contributed by atoms with Crippen molar-refractivity contribution in [3.63, 3.8) is 0 Å². The SMILES string of the molecule is CCCC1(CN2CCC3(CC2)CC(CN2CCN(C)CC2)C3)CC1. The van der Waals surface area contributed by atoms with Crippen LogP contribution in [0.4, 0.5) is 0 Å². The molecular weight excluding hydrogens is 294 g/mol. The molecule has 0 aromatic rings. The summed E-state index contributed by atoms with van der Waals surface area (Å²) in [6.45, 7) is 13.1. The van der Waals surface area contributed by atoms with E-state index in [1.165, 1.54) is 104 Å². The van der Waals surface area contributed by atoms with Crippen molar-refractivity contribution in [1.82, 2.24) is 14.7 Å². The number of piperidine rings is 1. The Kier molecular flexibility index (Phi) is 4.96. The minimum Gasteiger partial charge on any atom is -0.304 e. The first-order valence-electron chi connectivity index (χ1n) is 10.7. The van der Waals surface area contributed by atoms with E-state index < -0.39 is 0 Å². The Balaban J connectivity index is 1.16. The quantitative estimate of drug-likeness (QED) is 0.738. The maximum Gasteiger partial charge on any atom is 0.0110 e. The van der Waals surface area contributed by atoms with Gasteiger partial charge >= 0.3 is 0 Å². The van der Waals surface area contributed by atoms with Gasteiger partial charge in [-0.3, -0.25) is 0 Å². The zero-order chi connectivity index (χ0) is 16.6. The lowest BCUT2D eigenvalue weighted by atomic mass is 9.57. The molecule has 0 radical (unpaired) electrons. The zero-order valence-electron chi connectivity index (χ0n) is 16.2. The van der Waals surface area contributed by atoms with Gasteiger partial charge < -0.3 is 14.7 Å². The van der Waals surface area contributed by atoms with Crippen LogP contribution < -0.4 is 0 Å². The van der Waals surface area contributed by atoms with Gasteiger partial charge in [0.15, 0.2) is 0 Å². The summed E-state index contributed by atoms with van der Waals surface area (Å²) in [5.41, 5.74) is 1.51. The Morgan fingerprint density at radius 3 is 2.08 bits per heavy atom. The highest BCUT2D eigenvalue weighted by molar-refractivity contribution is 5.00. The van der Waals surface area contributed by atoms with Crippen LogP contribution in [0.15, 0.2) is 0 Å². The first-order chi connectivity index (χ1) is 11.6. The van der Waals surface area contributed by atoms with Crippen LogP contribution >= 0.6 is 0 Å². The Hall–Kier alpha value is -0.120. The topological polar surface area (TPSA) is 9.72 Å². The summed E-state index contributed by atoms with van der Waals surface area (Å²) in [5, 5.41) is 0. The third-order valence-corrected chi connectivity index (χ3v) is 7.77. The fourth-order valence-electron chi connectivity index (χ4n) is 5.95. The van der Waals surface area contributed by atoms with Crippen LogP contribution in [-0.4, -0.2) is 74.1 Å². The van der Waals surface area contributed by atoms with Crippen LogP contribution in [-0.2, 0) is 0 Å². The number of likely N-dealkylation sites (N-methyl/N-ethyl adjacent to an activating group) is 1. The smallest absolute Gasteiger partial charge is 0.0110 e. The van der Waals surface area contributed by atoms with Gasteiger partial charge in [0, 0.05) is 39.3 Å². The number of hydrogen-bond acceptors (Lipinski definition) is 3. The lowest BCUT2D eigenvalue weighted by Crippen LogP contribution is -2.52. The summed E-state index contributed by atoms with van der Waals surface area (Å²) in [7, 11) is 2.26. The molecule has 0 amide bonds. The molecule has 0 aromatic carbocycles. The van der Waals surface area contributed by atoms with Crippen molar-refractivity contribution in [3.8, 4) is 0 Å². The van der Waals surface area contributed by atoms with E-state index in [-0.39, 0.29) is 0 Å². The average molecular weight is 334 g/mol. The normalized spacial score (nSPS) is 31.2. The van der Waals surface area contributed by atoms with Gasteiger partial charge in [-0.25, -0.2) is 0 Å². The fraction of sp³-hybridized carbons (Fsp3) is 1.00. The number of rotatable bonds is 6. The van der Waals surface area contributed by atoms with Crippen LogP contribution in [0.1, 0.15) is 58.3 Å². The van der Waals surface area contributed by atoms with Crippen LogP contribution in [0, 0.1) is 16.7 Å². The van der Waals surface area contributed by atoms with Gasteiger partial charge in [-0.2, -0.15) is 0 Å². The minimum atomic E-state index is 0.753.